The summed E-state index contributed by atoms with van der Waals surface area (Å²) in [5.41, 5.74) is -0.437. The number of carboxylic acids is 1. The topological polar surface area (TPSA) is 66.4 Å². The van der Waals surface area contributed by atoms with Gasteiger partial charge in [0.1, 0.15) is 0 Å². The standard InChI is InChI=1S/C15H17BrClNO3/c16-10-4-5-11(17)12(8-10)18-13(19)9-15(14(20)21)6-2-1-3-7-15/h4-5,8H,1-3,6-7,9H2,(H,18,19)(H,20,21). The molecule has 0 aromatic heterocycles. The van der Waals surface area contributed by atoms with Crippen molar-refractivity contribution >= 4 is 45.1 Å². The number of halogens is 2. The average molecular weight is 375 g/mol. The van der Waals surface area contributed by atoms with Gasteiger partial charge in [-0.25, -0.2) is 0 Å². The number of nitrogens with one attached hydrogen (secondary N) is 1. The highest BCUT2D eigenvalue weighted by molar-refractivity contribution is 9.10. The van der Waals surface area contributed by atoms with Gasteiger partial charge in [0.05, 0.1) is 16.1 Å². The van der Waals surface area contributed by atoms with Crippen LogP contribution in [0, 0.1) is 5.41 Å². The lowest BCUT2D eigenvalue weighted by Gasteiger charge is -2.32. The lowest BCUT2D eigenvalue weighted by molar-refractivity contribution is -0.153. The second-order valence-corrected chi connectivity index (χ2v) is 6.82. The first-order valence-corrected chi connectivity index (χ1v) is 8.08. The number of amides is 1. The Hall–Kier alpha value is -1.07. The van der Waals surface area contributed by atoms with E-state index in [2.05, 4.69) is 21.2 Å². The SMILES string of the molecule is O=C(CC1(C(=O)O)CCCCC1)Nc1cc(Br)ccc1Cl. The van der Waals surface area contributed by atoms with Crippen LogP contribution in [0.2, 0.25) is 5.02 Å². The highest BCUT2D eigenvalue weighted by atomic mass is 79.9. The summed E-state index contributed by atoms with van der Waals surface area (Å²) in [6, 6.07) is 5.15. The van der Waals surface area contributed by atoms with Gasteiger partial charge >= 0.3 is 5.97 Å². The van der Waals surface area contributed by atoms with E-state index in [0.717, 1.165) is 23.7 Å². The zero-order valence-electron chi connectivity index (χ0n) is 11.5. The average Bonchev–Trinajstić information content (AvgIpc) is 2.43. The molecule has 0 unspecified atom stereocenters. The zero-order valence-corrected chi connectivity index (χ0v) is 13.8. The molecule has 0 aliphatic heterocycles. The highest BCUT2D eigenvalue weighted by Crippen LogP contribution is 2.40. The third-order valence-corrected chi connectivity index (χ3v) is 4.79. The first-order valence-electron chi connectivity index (χ1n) is 6.91. The van der Waals surface area contributed by atoms with Gasteiger partial charge in [-0.15, -0.1) is 0 Å². The van der Waals surface area contributed by atoms with Crippen LogP contribution >= 0.6 is 27.5 Å². The summed E-state index contributed by atoms with van der Waals surface area (Å²) in [6.07, 6.45) is 3.86. The molecule has 0 atom stereocenters. The summed E-state index contributed by atoms with van der Waals surface area (Å²) in [6.45, 7) is 0. The van der Waals surface area contributed by atoms with E-state index >= 15 is 0 Å². The molecule has 1 fully saturated rings. The Morgan fingerprint density at radius 1 is 1.29 bits per heavy atom. The summed E-state index contributed by atoms with van der Waals surface area (Å²) >= 11 is 9.34. The van der Waals surface area contributed by atoms with E-state index in [-0.39, 0.29) is 12.3 Å². The van der Waals surface area contributed by atoms with Crippen LogP contribution in [0.25, 0.3) is 0 Å². The first-order chi connectivity index (χ1) is 9.93. The van der Waals surface area contributed by atoms with Crippen LogP contribution in [-0.4, -0.2) is 17.0 Å². The fraction of sp³-hybridized carbons (Fsp3) is 0.467. The van der Waals surface area contributed by atoms with Crippen molar-refractivity contribution in [2.75, 3.05) is 5.32 Å². The number of carboxylic acid groups (broad SMARTS) is 1. The highest BCUT2D eigenvalue weighted by Gasteiger charge is 2.41. The van der Waals surface area contributed by atoms with Crippen molar-refractivity contribution < 1.29 is 14.7 Å². The molecule has 0 saturated heterocycles. The number of anilines is 1. The van der Waals surface area contributed by atoms with E-state index in [1.54, 1.807) is 18.2 Å². The van der Waals surface area contributed by atoms with E-state index < -0.39 is 11.4 Å². The molecule has 1 aromatic rings. The van der Waals surface area contributed by atoms with E-state index in [1.165, 1.54) is 0 Å². The van der Waals surface area contributed by atoms with Crippen molar-refractivity contribution in [3.8, 4) is 0 Å². The van der Waals surface area contributed by atoms with Crippen molar-refractivity contribution in [1.82, 2.24) is 0 Å². The second-order valence-electron chi connectivity index (χ2n) is 5.50. The molecule has 2 rings (SSSR count). The van der Waals surface area contributed by atoms with Crippen molar-refractivity contribution in [2.24, 2.45) is 5.41 Å². The molecule has 1 aromatic carbocycles. The van der Waals surface area contributed by atoms with Crippen molar-refractivity contribution in [3.05, 3.63) is 27.7 Å². The largest absolute Gasteiger partial charge is 0.481 e. The molecule has 6 heteroatoms. The lowest BCUT2D eigenvalue weighted by Crippen LogP contribution is -2.37. The van der Waals surface area contributed by atoms with Gasteiger partial charge < -0.3 is 10.4 Å². The fourth-order valence-corrected chi connectivity index (χ4v) is 3.32. The maximum Gasteiger partial charge on any atom is 0.310 e. The summed E-state index contributed by atoms with van der Waals surface area (Å²) < 4.78 is 0.799. The van der Waals surface area contributed by atoms with Gasteiger partial charge in [-0.05, 0) is 31.0 Å². The molecule has 2 N–H and O–H groups in total. The molecule has 0 bridgehead atoms. The normalized spacial score (nSPS) is 17.2. The maximum absolute atomic E-state index is 12.2. The second kappa shape index (κ2) is 6.79. The third kappa shape index (κ3) is 3.98. The minimum Gasteiger partial charge on any atom is -0.481 e. The van der Waals surface area contributed by atoms with Gasteiger partial charge in [0.2, 0.25) is 5.91 Å². The Balaban J connectivity index is 2.09. The number of hydrogen-bond acceptors (Lipinski definition) is 2. The molecule has 1 aliphatic carbocycles. The number of benzene rings is 1. The zero-order chi connectivity index (χ0) is 15.5. The Morgan fingerprint density at radius 3 is 2.57 bits per heavy atom. The van der Waals surface area contributed by atoms with Crippen LogP contribution < -0.4 is 5.32 Å². The molecule has 0 radical (unpaired) electrons. The van der Waals surface area contributed by atoms with Gasteiger partial charge in [0, 0.05) is 10.9 Å². The van der Waals surface area contributed by atoms with E-state index in [0.29, 0.717) is 23.6 Å². The number of carbonyl (C=O) groups excluding carboxylic acids is 1. The minimum absolute atomic E-state index is 0.00875. The van der Waals surface area contributed by atoms with Crippen LogP contribution in [0.5, 0.6) is 0 Å². The Morgan fingerprint density at radius 2 is 1.95 bits per heavy atom. The van der Waals surface area contributed by atoms with Crippen molar-refractivity contribution in [2.45, 2.75) is 38.5 Å². The quantitative estimate of drug-likeness (QED) is 0.817. The van der Waals surface area contributed by atoms with Crippen LogP contribution in [0.4, 0.5) is 5.69 Å². The van der Waals surface area contributed by atoms with Gasteiger partial charge in [-0.2, -0.15) is 0 Å². The fourth-order valence-electron chi connectivity index (χ4n) is 2.79. The number of rotatable bonds is 4. The van der Waals surface area contributed by atoms with Gasteiger partial charge in [-0.1, -0.05) is 46.8 Å². The smallest absolute Gasteiger partial charge is 0.310 e. The van der Waals surface area contributed by atoms with Gasteiger partial charge in [0.15, 0.2) is 0 Å². The van der Waals surface area contributed by atoms with Crippen LogP contribution in [0.15, 0.2) is 22.7 Å². The Bertz CT molecular complexity index is 556. The predicted octanol–water partition coefficient (Wildman–Crippen LogP) is 4.47. The van der Waals surface area contributed by atoms with Crippen LogP contribution in [0.3, 0.4) is 0 Å². The van der Waals surface area contributed by atoms with E-state index in [1.807, 2.05) is 0 Å². The molecular formula is C15H17BrClNO3. The Labute approximate surface area is 137 Å². The molecule has 0 heterocycles. The molecule has 0 spiro atoms. The molecule has 21 heavy (non-hydrogen) atoms. The van der Waals surface area contributed by atoms with Crippen molar-refractivity contribution in [1.29, 1.82) is 0 Å². The monoisotopic (exact) mass is 373 g/mol. The van der Waals surface area contributed by atoms with E-state index in [9.17, 15) is 14.7 Å². The minimum atomic E-state index is -0.930. The number of aliphatic carboxylic acids is 1. The van der Waals surface area contributed by atoms with Gasteiger partial charge in [-0.3, -0.25) is 9.59 Å². The third-order valence-electron chi connectivity index (χ3n) is 3.97. The summed E-state index contributed by atoms with van der Waals surface area (Å²) in [4.78, 5) is 23.8. The molecule has 4 nitrogen and oxygen atoms in total. The van der Waals surface area contributed by atoms with E-state index in [4.69, 9.17) is 11.6 Å². The molecular weight excluding hydrogens is 358 g/mol. The summed E-state index contributed by atoms with van der Waals surface area (Å²) in [5.74, 6) is -1.18. The van der Waals surface area contributed by atoms with Crippen LogP contribution in [0.1, 0.15) is 38.5 Å². The number of hydrogen-bond donors (Lipinski definition) is 2. The molecule has 114 valence electrons. The van der Waals surface area contributed by atoms with Gasteiger partial charge in [0.25, 0.3) is 0 Å². The van der Waals surface area contributed by atoms with Crippen LogP contribution in [-0.2, 0) is 9.59 Å². The summed E-state index contributed by atoms with van der Waals surface area (Å²) in [5, 5.41) is 12.6. The lowest BCUT2D eigenvalue weighted by atomic mass is 9.71. The molecule has 1 amide bonds. The number of carbonyl (C=O) groups is 2. The molecule has 1 aliphatic rings. The predicted molar refractivity (Wildman–Crippen MR) is 85.6 cm³/mol. The molecule has 1 saturated carbocycles. The maximum atomic E-state index is 12.2. The van der Waals surface area contributed by atoms with Crippen molar-refractivity contribution in [3.63, 3.8) is 0 Å². The summed E-state index contributed by atoms with van der Waals surface area (Å²) in [7, 11) is 0. The Kier molecular flexibility index (Phi) is 5.27. The first kappa shape index (κ1) is 16.3.